The van der Waals surface area contributed by atoms with Gasteiger partial charge in [-0.2, -0.15) is 0 Å². The molecule has 2 aromatic rings. The zero-order chi connectivity index (χ0) is 19.9. The Balaban J connectivity index is 1.78. The number of carbonyl (C=O) groups excluding carboxylic acids is 1. The summed E-state index contributed by atoms with van der Waals surface area (Å²) in [6.45, 7) is 6.75. The molecule has 0 spiro atoms. The van der Waals surface area contributed by atoms with E-state index in [1.54, 1.807) is 24.1 Å². The second-order valence-electron chi connectivity index (χ2n) is 6.45. The van der Waals surface area contributed by atoms with Gasteiger partial charge in [0.1, 0.15) is 0 Å². The number of carbonyl (C=O) groups is 1. The van der Waals surface area contributed by atoms with Crippen molar-refractivity contribution in [3.63, 3.8) is 0 Å². The number of hydrogen-bond donors (Lipinski definition) is 0. The highest BCUT2D eigenvalue weighted by atomic mass is 16.5. The summed E-state index contributed by atoms with van der Waals surface area (Å²) in [4.78, 5) is 14.8. The number of rotatable bonds is 7. The first-order chi connectivity index (χ1) is 13.7. The van der Waals surface area contributed by atoms with Gasteiger partial charge in [0.15, 0.2) is 23.0 Å². The molecule has 28 heavy (non-hydrogen) atoms. The fourth-order valence-electron chi connectivity index (χ4n) is 3.11. The minimum atomic E-state index is -0.0500. The third-order valence-corrected chi connectivity index (χ3v) is 4.56. The molecule has 0 bridgehead atoms. The lowest BCUT2D eigenvalue weighted by Gasteiger charge is -2.22. The lowest BCUT2D eigenvalue weighted by atomic mass is 10.1. The Bertz CT molecular complexity index is 821. The summed E-state index contributed by atoms with van der Waals surface area (Å²) in [7, 11) is 1.61. The molecule has 1 aliphatic rings. The first-order valence-corrected chi connectivity index (χ1v) is 9.64. The van der Waals surface area contributed by atoms with E-state index in [0.717, 1.165) is 12.0 Å². The first-order valence-electron chi connectivity index (χ1n) is 9.64. The molecule has 1 amide bonds. The molecule has 3 rings (SSSR count). The van der Waals surface area contributed by atoms with Gasteiger partial charge in [-0.05, 0) is 49.7 Å². The van der Waals surface area contributed by atoms with E-state index < -0.39 is 0 Å². The Morgan fingerprint density at radius 3 is 2.54 bits per heavy atom. The van der Waals surface area contributed by atoms with Crippen molar-refractivity contribution >= 4 is 5.91 Å². The maximum atomic E-state index is 13.0. The summed E-state index contributed by atoms with van der Waals surface area (Å²) in [6.07, 6.45) is 0.832. The number of hydrogen-bond acceptors (Lipinski definition) is 5. The van der Waals surface area contributed by atoms with Crippen LogP contribution in [0.15, 0.2) is 36.4 Å². The molecule has 1 heterocycles. The lowest BCUT2D eigenvalue weighted by Crippen LogP contribution is -2.30. The van der Waals surface area contributed by atoms with E-state index in [-0.39, 0.29) is 5.91 Å². The summed E-state index contributed by atoms with van der Waals surface area (Å²) >= 11 is 0. The number of nitrogens with zero attached hydrogens (tertiary/aromatic N) is 1. The minimum Gasteiger partial charge on any atom is -0.493 e. The Morgan fingerprint density at radius 1 is 1.04 bits per heavy atom. The fraction of sp³-hybridized carbons (Fsp3) is 0.409. The van der Waals surface area contributed by atoms with Crippen LogP contribution in [0.2, 0.25) is 0 Å². The van der Waals surface area contributed by atoms with Gasteiger partial charge in [-0.25, -0.2) is 0 Å². The van der Waals surface area contributed by atoms with E-state index in [4.69, 9.17) is 18.9 Å². The maximum absolute atomic E-state index is 13.0. The number of amides is 1. The van der Waals surface area contributed by atoms with Crippen molar-refractivity contribution in [3.05, 3.63) is 47.5 Å². The van der Waals surface area contributed by atoms with Gasteiger partial charge in [0.05, 0.1) is 26.9 Å². The quantitative estimate of drug-likeness (QED) is 0.723. The van der Waals surface area contributed by atoms with Gasteiger partial charge >= 0.3 is 0 Å². The summed E-state index contributed by atoms with van der Waals surface area (Å²) < 4.78 is 22.3. The summed E-state index contributed by atoms with van der Waals surface area (Å²) in [5.41, 5.74) is 1.56. The molecule has 0 fully saturated rings. The van der Waals surface area contributed by atoms with Crippen LogP contribution in [0.1, 0.15) is 36.2 Å². The molecule has 0 saturated heterocycles. The lowest BCUT2D eigenvalue weighted by molar-refractivity contribution is 0.0752. The van der Waals surface area contributed by atoms with Crippen LogP contribution < -0.4 is 18.9 Å². The van der Waals surface area contributed by atoms with E-state index in [0.29, 0.717) is 61.5 Å². The third kappa shape index (κ3) is 4.50. The predicted molar refractivity (Wildman–Crippen MR) is 107 cm³/mol. The van der Waals surface area contributed by atoms with Crippen LogP contribution in [0.3, 0.4) is 0 Å². The molecule has 0 saturated carbocycles. The van der Waals surface area contributed by atoms with Crippen LogP contribution in [0.5, 0.6) is 23.0 Å². The van der Waals surface area contributed by atoms with Crippen molar-refractivity contribution in [1.29, 1.82) is 0 Å². The Morgan fingerprint density at radius 2 is 1.82 bits per heavy atom. The molecule has 0 atom stereocenters. The monoisotopic (exact) mass is 385 g/mol. The molecule has 0 radical (unpaired) electrons. The van der Waals surface area contributed by atoms with Crippen molar-refractivity contribution in [2.45, 2.75) is 26.8 Å². The van der Waals surface area contributed by atoms with Crippen LogP contribution in [0, 0.1) is 0 Å². The second kappa shape index (κ2) is 9.35. The molecule has 0 N–H and O–H groups in total. The molecular formula is C22H27NO5. The van der Waals surface area contributed by atoms with Crippen molar-refractivity contribution < 1.29 is 23.7 Å². The zero-order valence-electron chi connectivity index (χ0n) is 16.7. The predicted octanol–water partition coefficient (Wildman–Crippen LogP) is 3.92. The van der Waals surface area contributed by atoms with Crippen molar-refractivity contribution in [3.8, 4) is 23.0 Å². The van der Waals surface area contributed by atoms with E-state index >= 15 is 0 Å². The van der Waals surface area contributed by atoms with Crippen LogP contribution >= 0.6 is 0 Å². The van der Waals surface area contributed by atoms with E-state index in [9.17, 15) is 4.79 Å². The number of methoxy groups -OCH3 is 1. The average molecular weight is 385 g/mol. The summed E-state index contributed by atoms with van der Waals surface area (Å²) in [5.74, 6) is 2.63. The molecule has 0 unspecified atom stereocenters. The van der Waals surface area contributed by atoms with Crippen molar-refractivity contribution in [2.75, 3.05) is 33.5 Å². The SMILES string of the molecule is CCOc1ccc(CN(CC)C(=O)c2ccc3c(c2)OCCCO3)cc1OC. The zero-order valence-corrected chi connectivity index (χ0v) is 16.7. The van der Waals surface area contributed by atoms with Gasteiger partial charge < -0.3 is 23.8 Å². The van der Waals surface area contributed by atoms with Gasteiger partial charge in [-0.15, -0.1) is 0 Å². The maximum Gasteiger partial charge on any atom is 0.254 e. The first kappa shape index (κ1) is 19.9. The van der Waals surface area contributed by atoms with Gasteiger partial charge in [0, 0.05) is 25.1 Å². The molecule has 6 heteroatoms. The van der Waals surface area contributed by atoms with E-state index in [1.165, 1.54) is 0 Å². The average Bonchev–Trinajstić information content (AvgIpc) is 2.97. The standard InChI is InChI=1S/C22H27NO5/c1-4-23(15-16-7-9-18(26-5-2)20(13-16)25-3)22(24)17-8-10-19-21(14-17)28-12-6-11-27-19/h7-10,13-14H,4-6,11-12,15H2,1-3H3. The number of ether oxygens (including phenoxy) is 4. The van der Waals surface area contributed by atoms with Crippen molar-refractivity contribution in [1.82, 2.24) is 4.90 Å². The van der Waals surface area contributed by atoms with Crippen molar-refractivity contribution in [2.24, 2.45) is 0 Å². The smallest absolute Gasteiger partial charge is 0.254 e. The van der Waals surface area contributed by atoms with Gasteiger partial charge in [0.2, 0.25) is 0 Å². The highest BCUT2D eigenvalue weighted by Gasteiger charge is 2.19. The highest BCUT2D eigenvalue weighted by molar-refractivity contribution is 5.95. The van der Waals surface area contributed by atoms with Crippen LogP contribution in [0.25, 0.3) is 0 Å². The molecule has 6 nitrogen and oxygen atoms in total. The second-order valence-corrected chi connectivity index (χ2v) is 6.45. The molecule has 0 aromatic heterocycles. The number of benzene rings is 2. The molecular weight excluding hydrogens is 358 g/mol. The Kier molecular flexibility index (Phi) is 6.63. The topological polar surface area (TPSA) is 57.2 Å². The molecule has 0 aliphatic carbocycles. The van der Waals surface area contributed by atoms with Crippen LogP contribution in [-0.4, -0.2) is 44.3 Å². The largest absolute Gasteiger partial charge is 0.493 e. The molecule has 2 aromatic carbocycles. The number of fused-ring (bicyclic) bond motifs is 1. The van der Waals surface area contributed by atoms with Gasteiger partial charge in [0.25, 0.3) is 5.91 Å². The fourth-order valence-corrected chi connectivity index (χ4v) is 3.11. The van der Waals surface area contributed by atoms with E-state index in [2.05, 4.69) is 0 Å². The van der Waals surface area contributed by atoms with Gasteiger partial charge in [-0.1, -0.05) is 6.07 Å². The Hall–Kier alpha value is -2.89. The Labute approximate surface area is 166 Å². The molecule has 1 aliphatic heterocycles. The summed E-state index contributed by atoms with van der Waals surface area (Å²) in [5, 5.41) is 0. The normalized spacial score (nSPS) is 12.8. The van der Waals surface area contributed by atoms with Crippen LogP contribution in [-0.2, 0) is 6.54 Å². The highest BCUT2D eigenvalue weighted by Crippen LogP contribution is 2.31. The van der Waals surface area contributed by atoms with Crippen LogP contribution in [0.4, 0.5) is 0 Å². The third-order valence-electron chi connectivity index (χ3n) is 4.56. The molecule has 150 valence electrons. The van der Waals surface area contributed by atoms with E-state index in [1.807, 2.05) is 38.1 Å². The minimum absolute atomic E-state index is 0.0500. The summed E-state index contributed by atoms with van der Waals surface area (Å²) in [6, 6.07) is 11.1. The van der Waals surface area contributed by atoms with Gasteiger partial charge in [-0.3, -0.25) is 4.79 Å².